The van der Waals surface area contributed by atoms with E-state index >= 15 is 0 Å². The van der Waals surface area contributed by atoms with Gasteiger partial charge in [0.05, 0.1) is 6.54 Å². The molecule has 0 aromatic carbocycles. The molecule has 0 saturated heterocycles. The Balaban J connectivity index is 1.07. The van der Waals surface area contributed by atoms with Crippen LogP contribution < -0.4 is 5.32 Å². The molecule has 6 fully saturated rings. The molecule has 0 aliphatic heterocycles. The van der Waals surface area contributed by atoms with Crippen LogP contribution in [0.1, 0.15) is 44.9 Å². The lowest BCUT2D eigenvalue weighted by atomic mass is 9.36. The zero-order valence-electron chi connectivity index (χ0n) is 12.2. The third-order valence-corrected chi connectivity index (χ3v) is 8.22. The Kier molecular flexibility index (Phi) is 1.84. The minimum Gasteiger partial charge on any atom is -0.222 e. The minimum absolute atomic E-state index is 0.574. The van der Waals surface area contributed by atoms with Crippen molar-refractivity contribution in [3.8, 4) is 6.19 Å². The van der Waals surface area contributed by atoms with Crippen molar-refractivity contribution in [2.75, 3.05) is 6.54 Å². The summed E-state index contributed by atoms with van der Waals surface area (Å²) in [6.07, 6.45) is 13.1. The number of nitrogens with zero attached hydrogens (tertiary/aromatic N) is 1. The predicted octanol–water partition coefficient (Wildman–Crippen LogP) is 3.35. The molecule has 6 aliphatic carbocycles. The standard InChI is InChI=1S/C18H24N2/c1-2-4-10(5-3-1)20-9-19-8-18-7-13(18)16-14-11-6-12(11)15(14)17(16)18/h10-17H,1-8H2/p+1. The summed E-state index contributed by atoms with van der Waals surface area (Å²) in [6.45, 7) is 1.19. The molecule has 8 unspecified atom stereocenters. The quantitative estimate of drug-likeness (QED) is 0.462. The highest BCUT2D eigenvalue weighted by molar-refractivity contribution is 5.37. The Morgan fingerprint density at radius 2 is 1.90 bits per heavy atom. The summed E-state index contributed by atoms with van der Waals surface area (Å²) in [6, 6.07) is 0.574. The molecule has 6 saturated carbocycles. The Bertz CT molecular complexity index is 519. The van der Waals surface area contributed by atoms with Crippen LogP contribution in [0.5, 0.6) is 0 Å². The number of nitrogens with one attached hydrogen (secondary N) is 1. The number of hydrogen-bond donors (Lipinski definition) is 1. The average molecular weight is 269 g/mol. The molecule has 2 nitrogen and oxygen atoms in total. The maximum absolute atomic E-state index is 4.64. The second-order valence-electron chi connectivity index (χ2n) is 8.75. The van der Waals surface area contributed by atoms with Crippen molar-refractivity contribution in [2.45, 2.75) is 51.0 Å². The highest BCUT2D eigenvalue weighted by Crippen LogP contribution is 2.92. The van der Waals surface area contributed by atoms with Gasteiger partial charge in [0, 0.05) is 18.3 Å². The Morgan fingerprint density at radius 3 is 2.80 bits per heavy atom. The molecule has 0 aromatic heterocycles. The second-order valence-corrected chi connectivity index (χ2v) is 8.75. The molecular weight excluding hydrogens is 244 g/mol. The van der Waals surface area contributed by atoms with Crippen molar-refractivity contribution in [1.29, 1.82) is 0 Å². The summed E-state index contributed by atoms with van der Waals surface area (Å²) < 4.78 is 0. The monoisotopic (exact) mass is 269 g/mol. The number of rotatable bonds is 2. The van der Waals surface area contributed by atoms with Crippen molar-refractivity contribution in [1.82, 2.24) is 5.32 Å². The van der Waals surface area contributed by atoms with E-state index in [1.54, 1.807) is 6.42 Å². The third kappa shape index (κ3) is 1.11. The molecule has 0 aromatic rings. The first-order valence-corrected chi connectivity index (χ1v) is 9.08. The lowest BCUT2D eigenvalue weighted by Gasteiger charge is -2.68. The molecule has 0 heterocycles. The minimum atomic E-state index is 0.574. The highest BCUT2D eigenvalue weighted by atomic mass is 15.0. The van der Waals surface area contributed by atoms with Gasteiger partial charge in [-0.3, -0.25) is 0 Å². The predicted molar refractivity (Wildman–Crippen MR) is 78.2 cm³/mol. The van der Waals surface area contributed by atoms with Crippen LogP contribution in [0.25, 0.3) is 4.85 Å². The first kappa shape index (κ1) is 10.9. The molecule has 20 heavy (non-hydrogen) atoms. The van der Waals surface area contributed by atoms with Gasteiger partial charge in [-0.05, 0) is 67.1 Å². The molecular formula is C18H25N2+. The summed E-state index contributed by atoms with van der Waals surface area (Å²) in [7, 11) is 0. The van der Waals surface area contributed by atoms with E-state index in [9.17, 15) is 0 Å². The maximum Gasteiger partial charge on any atom is 0.368 e. The lowest BCUT2D eigenvalue weighted by Crippen LogP contribution is -2.67. The zero-order valence-corrected chi connectivity index (χ0v) is 12.2. The molecule has 6 aliphatic rings. The smallest absolute Gasteiger partial charge is 0.222 e. The number of fused-ring (bicyclic) bond motifs is 10. The van der Waals surface area contributed by atoms with E-state index in [1.807, 2.05) is 0 Å². The molecule has 8 atom stereocenters. The van der Waals surface area contributed by atoms with Crippen LogP contribution in [0.4, 0.5) is 0 Å². The zero-order chi connectivity index (χ0) is 12.9. The summed E-state index contributed by atoms with van der Waals surface area (Å²) in [5.74, 6) is 8.23. The van der Waals surface area contributed by atoms with E-state index in [0.717, 1.165) is 17.3 Å². The normalized spacial score (nSPS) is 59.9. The third-order valence-electron chi connectivity index (χ3n) is 8.22. The average Bonchev–Trinajstić information content (AvgIpc) is 3.31. The molecule has 0 radical (unpaired) electrons. The van der Waals surface area contributed by atoms with E-state index < -0.39 is 0 Å². The van der Waals surface area contributed by atoms with E-state index in [-0.39, 0.29) is 0 Å². The van der Waals surface area contributed by atoms with Gasteiger partial charge >= 0.3 is 6.19 Å². The van der Waals surface area contributed by atoms with Crippen molar-refractivity contribution < 1.29 is 0 Å². The van der Waals surface area contributed by atoms with E-state index in [0.29, 0.717) is 6.04 Å². The van der Waals surface area contributed by atoms with Gasteiger partial charge in [0.15, 0.2) is 6.04 Å². The van der Waals surface area contributed by atoms with E-state index in [1.165, 1.54) is 74.7 Å². The van der Waals surface area contributed by atoms with Gasteiger partial charge in [0.1, 0.15) is 0 Å². The van der Waals surface area contributed by atoms with Gasteiger partial charge in [-0.1, -0.05) is 6.42 Å². The van der Waals surface area contributed by atoms with Crippen molar-refractivity contribution >= 4 is 0 Å². The van der Waals surface area contributed by atoms with Crippen LogP contribution in [0.2, 0.25) is 0 Å². The molecule has 0 spiro atoms. The molecule has 106 valence electrons. The summed E-state index contributed by atoms with van der Waals surface area (Å²) in [4.78, 5) is 4.64. The van der Waals surface area contributed by atoms with Crippen LogP contribution >= 0.6 is 0 Å². The van der Waals surface area contributed by atoms with Gasteiger partial charge in [0.25, 0.3) is 0 Å². The fraction of sp³-hybridized carbons (Fsp3) is 0.944. The van der Waals surface area contributed by atoms with Crippen LogP contribution in [0.15, 0.2) is 0 Å². The fourth-order valence-electron chi connectivity index (χ4n) is 7.24. The van der Waals surface area contributed by atoms with E-state index in [2.05, 4.69) is 16.4 Å². The van der Waals surface area contributed by atoms with Crippen molar-refractivity contribution in [2.24, 2.45) is 46.8 Å². The Morgan fingerprint density at radius 1 is 1.05 bits per heavy atom. The van der Waals surface area contributed by atoms with Crippen LogP contribution in [0, 0.1) is 53.0 Å². The SMILES string of the molecule is C(#[N+]C1CCCCC1)NCC12CC1C1C3C4CC4C3C12. The Hall–Kier alpha value is -0.710. The summed E-state index contributed by atoms with van der Waals surface area (Å²) in [5, 5.41) is 3.47. The summed E-state index contributed by atoms with van der Waals surface area (Å²) >= 11 is 0. The Labute approximate surface area is 121 Å². The number of hydrogen-bond acceptors (Lipinski definition) is 1. The van der Waals surface area contributed by atoms with Crippen LogP contribution in [0.3, 0.4) is 0 Å². The maximum atomic E-state index is 4.64. The molecule has 1 N–H and O–H groups in total. The van der Waals surface area contributed by atoms with Crippen LogP contribution in [-0.4, -0.2) is 12.6 Å². The van der Waals surface area contributed by atoms with Gasteiger partial charge in [-0.2, -0.15) is 4.85 Å². The largest absolute Gasteiger partial charge is 0.368 e. The van der Waals surface area contributed by atoms with Crippen molar-refractivity contribution in [3.05, 3.63) is 4.85 Å². The molecule has 2 heteroatoms. The van der Waals surface area contributed by atoms with Crippen LogP contribution in [-0.2, 0) is 0 Å². The van der Waals surface area contributed by atoms with Gasteiger partial charge < -0.3 is 0 Å². The second kappa shape index (κ2) is 3.37. The first-order chi connectivity index (χ1) is 9.90. The fourth-order valence-corrected chi connectivity index (χ4v) is 7.24. The van der Waals surface area contributed by atoms with Crippen molar-refractivity contribution in [3.63, 3.8) is 0 Å². The lowest BCUT2D eigenvalue weighted by molar-refractivity contribution is -0.217. The molecule has 0 amide bonds. The first-order valence-electron chi connectivity index (χ1n) is 9.08. The highest BCUT2D eigenvalue weighted by Gasteiger charge is 2.89. The molecule has 6 rings (SSSR count). The van der Waals surface area contributed by atoms with E-state index in [4.69, 9.17) is 0 Å². The summed E-state index contributed by atoms with van der Waals surface area (Å²) in [5.41, 5.74) is 0.731. The van der Waals surface area contributed by atoms with Gasteiger partial charge in [-0.25, -0.2) is 5.32 Å². The topological polar surface area (TPSA) is 16.4 Å². The van der Waals surface area contributed by atoms with Gasteiger partial charge in [-0.15, -0.1) is 0 Å². The molecule has 0 bridgehead atoms. The van der Waals surface area contributed by atoms with Gasteiger partial charge in [0.2, 0.25) is 0 Å².